The Balaban J connectivity index is 1.86. The standard InChI is InChI=1S/C11H16ClN3O3S/c1-8(5-15-6-9(12)4-13-15)11(16)14-10-2-3-19(17,18)7-10/h4,6,8,10H,2-3,5,7H2,1H3,(H,14,16)/t8-,10+/m1/s1. The summed E-state index contributed by atoms with van der Waals surface area (Å²) in [6.07, 6.45) is 3.65. The number of hydrogen-bond donors (Lipinski definition) is 1. The summed E-state index contributed by atoms with van der Waals surface area (Å²) >= 11 is 5.74. The highest BCUT2D eigenvalue weighted by molar-refractivity contribution is 7.91. The van der Waals surface area contributed by atoms with E-state index in [1.165, 1.54) is 6.20 Å². The molecule has 0 saturated carbocycles. The molecule has 0 radical (unpaired) electrons. The van der Waals surface area contributed by atoms with E-state index in [9.17, 15) is 13.2 Å². The second-order valence-electron chi connectivity index (χ2n) is 4.89. The van der Waals surface area contributed by atoms with E-state index in [1.807, 2.05) is 0 Å². The molecule has 1 aromatic rings. The molecule has 2 heterocycles. The van der Waals surface area contributed by atoms with Crippen molar-refractivity contribution in [2.45, 2.75) is 25.9 Å². The summed E-state index contributed by atoms with van der Waals surface area (Å²) in [6.45, 7) is 2.19. The maximum absolute atomic E-state index is 11.9. The number of halogens is 1. The molecule has 0 spiro atoms. The molecule has 106 valence electrons. The average Bonchev–Trinajstić information content (AvgIpc) is 2.85. The summed E-state index contributed by atoms with van der Waals surface area (Å²) in [7, 11) is -2.97. The van der Waals surface area contributed by atoms with Gasteiger partial charge in [0.05, 0.1) is 35.2 Å². The molecule has 19 heavy (non-hydrogen) atoms. The number of carbonyl (C=O) groups excluding carboxylic acids is 1. The van der Waals surface area contributed by atoms with Crippen LogP contribution < -0.4 is 5.32 Å². The van der Waals surface area contributed by atoms with Crippen LogP contribution in [0.25, 0.3) is 0 Å². The van der Waals surface area contributed by atoms with Gasteiger partial charge in [0.2, 0.25) is 5.91 Å². The number of carbonyl (C=O) groups is 1. The van der Waals surface area contributed by atoms with Gasteiger partial charge in [0.1, 0.15) is 0 Å². The van der Waals surface area contributed by atoms with Gasteiger partial charge in [-0.15, -0.1) is 0 Å². The molecule has 0 aromatic carbocycles. The lowest BCUT2D eigenvalue weighted by Gasteiger charge is -2.15. The summed E-state index contributed by atoms with van der Waals surface area (Å²) in [6, 6.07) is -0.263. The predicted octanol–water partition coefficient (Wildman–Crippen LogP) is 0.476. The number of nitrogens with zero attached hydrogens (tertiary/aromatic N) is 2. The van der Waals surface area contributed by atoms with E-state index in [0.717, 1.165) is 0 Å². The maximum Gasteiger partial charge on any atom is 0.224 e. The minimum Gasteiger partial charge on any atom is -0.352 e. The second-order valence-corrected chi connectivity index (χ2v) is 7.56. The number of nitrogens with one attached hydrogen (secondary N) is 1. The van der Waals surface area contributed by atoms with Crippen LogP contribution >= 0.6 is 11.6 Å². The lowest BCUT2D eigenvalue weighted by molar-refractivity contribution is -0.125. The third kappa shape index (κ3) is 3.94. The number of hydrogen-bond acceptors (Lipinski definition) is 4. The van der Waals surface area contributed by atoms with Gasteiger partial charge in [0, 0.05) is 12.2 Å². The van der Waals surface area contributed by atoms with Crippen LogP contribution in [0.3, 0.4) is 0 Å². The fourth-order valence-electron chi connectivity index (χ4n) is 2.05. The van der Waals surface area contributed by atoms with Gasteiger partial charge in [-0.3, -0.25) is 9.48 Å². The highest BCUT2D eigenvalue weighted by Gasteiger charge is 2.29. The van der Waals surface area contributed by atoms with Gasteiger partial charge in [-0.05, 0) is 6.42 Å². The molecule has 1 aliphatic heterocycles. The van der Waals surface area contributed by atoms with Crippen molar-refractivity contribution in [3.63, 3.8) is 0 Å². The van der Waals surface area contributed by atoms with Crippen molar-refractivity contribution in [3.05, 3.63) is 17.4 Å². The van der Waals surface area contributed by atoms with Gasteiger partial charge in [0.15, 0.2) is 9.84 Å². The van der Waals surface area contributed by atoms with Crippen LogP contribution in [0, 0.1) is 5.92 Å². The van der Waals surface area contributed by atoms with Gasteiger partial charge in [-0.25, -0.2) is 8.42 Å². The monoisotopic (exact) mass is 305 g/mol. The number of sulfone groups is 1. The van der Waals surface area contributed by atoms with Gasteiger partial charge in [-0.2, -0.15) is 5.10 Å². The first-order chi connectivity index (χ1) is 8.85. The lowest BCUT2D eigenvalue weighted by atomic mass is 10.1. The van der Waals surface area contributed by atoms with Gasteiger partial charge in [-0.1, -0.05) is 18.5 Å². The molecule has 1 N–H and O–H groups in total. The van der Waals surface area contributed by atoms with Gasteiger partial charge >= 0.3 is 0 Å². The highest BCUT2D eigenvalue weighted by atomic mass is 35.5. The minimum absolute atomic E-state index is 0.0407. The van der Waals surface area contributed by atoms with Crippen LogP contribution in [0.15, 0.2) is 12.4 Å². The van der Waals surface area contributed by atoms with E-state index in [-0.39, 0.29) is 29.4 Å². The zero-order valence-corrected chi connectivity index (χ0v) is 12.1. The Hall–Kier alpha value is -1.08. The normalized spacial score (nSPS) is 23.2. The van der Waals surface area contributed by atoms with Crippen molar-refractivity contribution in [2.24, 2.45) is 5.92 Å². The van der Waals surface area contributed by atoms with E-state index < -0.39 is 9.84 Å². The first kappa shape index (κ1) is 14.3. The zero-order chi connectivity index (χ0) is 14.0. The molecule has 1 saturated heterocycles. The summed E-state index contributed by atoms with van der Waals surface area (Å²) in [5.41, 5.74) is 0. The van der Waals surface area contributed by atoms with E-state index >= 15 is 0 Å². The van der Waals surface area contributed by atoms with Crippen molar-refractivity contribution in [3.8, 4) is 0 Å². The van der Waals surface area contributed by atoms with E-state index in [2.05, 4.69) is 10.4 Å². The molecular weight excluding hydrogens is 290 g/mol. The molecular formula is C11H16ClN3O3S. The quantitative estimate of drug-likeness (QED) is 0.877. The molecule has 0 aliphatic carbocycles. The molecule has 1 amide bonds. The molecule has 0 unspecified atom stereocenters. The Morgan fingerprint density at radius 3 is 2.95 bits per heavy atom. The summed E-state index contributed by atoms with van der Waals surface area (Å²) in [4.78, 5) is 11.9. The van der Waals surface area contributed by atoms with Crippen LogP contribution in [0.5, 0.6) is 0 Å². The molecule has 2 rings (SSSR count). The molecule has 2 atom stereocenters. The molecule has 0 bridgehead atoms. The zero-order valence-electron chi connectivity index (χ0n) is 10.5. The van der Waals surface area contributed by atoms with Crippen molar-refractivity contribution in [1.29, 1.82) is 0 Å². The Bertz CT molecular complexity index is 569. The smallest absolute Gasteiger partial charge is 0.224 e. The Morgan fingerprint density at radius 2 is 2.42 bits per heavy atom. The summed E-state index contributed by atoms with van der Waals surface area (Å²) in [5, 5.41) is 7.29. The van der Waals surface area contributed by atoms with Gasteiger partial charge in [0.25, 0.3) is 0 Å². The van der Waals surface area contributed by atoms with Crippen LogP contribution in [0.2, 0.25) is 5.02 Å². The van der Waals surface area contributed by atoms with E-state index in [0.29, 0.717) is 18.0 Å². The summed E-state index contributed by atoms with van der Waals surface area (Å²) < 4.78 is 24.2. The first-order valence-corrected chi connectivity index (χ1v) is 8.24. The number of amides is 1. The van der Waals surface area contributed by atoms with Crippen molar-refractivity contribution in [2.75, 3.05) is 11.5 Å². The molecule has 1 fully saturated rings. The van der Waals surface area contributed by atoms with E-state index in [4.69, 9.17) is 11.6 Å². The Morgan fingerprint density at radius 1 is 1.68 bits per heavy atom. The minimum atomic E-state index is -2.97. The molecule has 8 heteroatoms. The van der Waals surface area contributed by atoms with Crippen molar-refractivity contribution >= 4 is 27.3 Å². The topological polar surface area (TPSA) is 81.1 Å². The maximum atomic E-state index is 11.9. The van der Waals surface area contributed by atoms with Crippen LogP contribution in [-0.4, -0.2) is 41.7 Å². The second kappa shape index (κ2) is 5.50. The van der Waals surface area contributed by atoms with Crippen molar-refractivity contribution < 1.29 is 13.2 Å². The lowest BCUT2D eigenvalue weighted by Crippen LogP contribution is -2.40. The van der Waals surface area contributed by atoms with Crippen LogP contribution in [-0.2, 0) is 21.2 Å². The number of rotatable bonds is 4. The third-order valence-corrected chi connectivity index (χ3v) is 5.05. The fraction of sp³-hybridized carbons (Fsp3) is 0.636. The van der Waals surface area contributed by atoms with Crippen molar-refractivity contribution in [1.82, 2.24) is 15.1 Å². The Labute approximate surface area is 117 Å². The fourth-order valence-corrected chi connectivity index (χ4v) is 3.88. The first-order valence-electron chi connectivity index (χ1n) is 6.04. The van der Waals surface area contributed by atoms with Crippen LogP contribution in [0.1, 0.15) is 13.3 Å². The van der Waals surface area contributed by atoms with E-state index in [1.54, 1.807) is 17.8 Å². The van der Waals surface area contributed by atoms with Crippen LogP contribution in [0.4, 0.5) is 0 Å². The third-order valence-electron chi connectivity index (χ3n) is 3.09. The largest absolute Gasteiger partial charge is 0.352 e. The number of aromatic nitrogens is 2. The van der Waals surface area contributed by atoms with Gasteiger partial charge < -0.3 is 5.32 Å². The predicted molar refractivity (Wildman–Crippen MR) is 71.6 cm³/mol. The SMILES string of the molecule is C[C@H](Cn1cc(Cl)cn1)C(=O)N[C@H]1CCS(=O)(=O)C1. The summed E-state index contributed by atoms with van der Waals surface area (Å²) in [5.74, 6) is -0.256. The highest BCUT2D eigenvalue weighted by Crippen LogP contribution is 2.13. The average molecular weight is 306 g/mol. The molecule has 6 nitrogen and oxygen atoms in total. The Kier molecular flexibility index (Phi) is 4.15. The molecule has 1 aliphatic rings. The molecule has 1 aromatic heterocycles.